The van der Waals surface area contributed by atoms with Gasteiger partial charge in [-0.1, -0.05) is 25.1 Å². The molecule has 1 aromatic carbocycles. The second-order valence-corrected chi connectivity index (χ2v) is 7.64. The first-order valence-electron chi connectivity index (χ1n) is 9.47. The first kappa shape index (κ1) is 17.3. The zero-order valence-electron chi connectivity index (χ0n) is 15.7. The molecule has 0 saturated carbocycles. The average molecular weight is 353 g/mol. The Kier molecular flexibility index (Phi) is 4.37. The molecule has 2 aliphatic rings. The SMILES string of the molecule is CCC(CO)NC(=O)C1C=C2c3cccc4[nH]c(C)c(c34)CC2N(C)C1. The molecule has 1 aliphatic carbocycles. The molecular formula is C21H27N3O2. The van der Waals surface area contributed by atoms with Crippen LogP contribution in [0.2, 0.25) is 0 Å². The van der Waals surface area contributed by atoms with E-state index in [2.05, 4.69) is 53.4 Å². The van der Waals surface area contributed by atoms with Crippen molar-refractivity contribution in [2.75, 3.05) is 20.2 Å². The number of nitrogens with zero attached hydrogens (tertiary/aromatic N) is 1. The largest absolute Gasteiger partial charge is 0.394 e. The number of aromatic amines is 1. The predicted molar refractivity (Wildman–Crippen MR) is 104 cm³/mol. The van der Waals surface area contributed by atoms with Crippen LogP contribution in [0, 0.1) is 12.8 Å². The van der Waals surface area contributed by atoms with Gasteiger partial charge >= 0.3 is 0 Å². The van der Waals surface area contributed by atoms with E-state index in [1.54, 1.807) is 0 Å². The van der Waals surface area contributed by atoms with Gasteiger partial charge in [-0.3, -0.25) is 9.69 Å². The number of aliphatic hydroxyl groups is 1. The van der Waals surface area contributed by atoms with E-state index in [0.29, 0.717) is 12.6 Å². The van der Waals surface area contributed by atoms with Crippen LogP contribution in [0.3, 0.4) is 0 Å². The molecule has 0 fully saturated rings. The first-order valence-corrected chi connectivity index (χ1v) is 9.47. The Morgan fingerprint density at radius 1 is 1.46 bits per heavy atom. The summed E-state index contributed by atoms with van der Waals surface area (Å²) in [5, 5.41) is 13.7. The third-order valence-corrected chi connectivity index (χ3v) is 6.00. The summed E-state index contributed by atoms with van der Waals surface area (Å²) in [6.07, 6.45) is 3.87. The number of aryl methyl sites for hydroxylation is 1. The molecule has 3 unspecified atom stereocenters. The van der Waals surface area contributed by atoms with Gasteiger partial charge in [0.25, 0.3) is 0 Å². The van der Waals surface area contributed by atoms with Crippen molar-refractivity contribution in [2.45, 2.75) is 38.8 Å². The van der Waals surface area contributed by atoms with Crippen molar-refractivity contribution in [1.29, 1.82) is 0 Å². The molecular weight excluding hydrogens is 326 g/mol. The highest BCUT2D eigenvalue weighted by molar-refractivity contribution is 6.00. The number of carbonyl (C=O) groups excluding carboxylic acids is 1. The van der Waals surface area contributed by atoms with Crippen molar-refractivity contribution in [3.8, 4) is 0 Å². The number of rotatable bonds is 4. The maximum Gasteiger partial charge on any atom is 0.228 e. The zero-order chi connectivity index (χ0) is 18.4. The fourth-order valence-electron chi connectivity index (χ4n) is 4.47. The van der Waals surface area contributed by atoms with Crippen LogP contribution in [-0.2, 0) is 11.2 Å². The molecule has 0 bridgehead atoms. The number of H-pyrrole nitrogens is 1. The maximum absolute atomic E-state index is 12.7. The molecule has 1 aromatic heterocycles. The van der Waals surface area contributed by atoms with E-state index in [0.717, 1.165) is 12.8 Å². The summed E-state index contributed by atoms with van der Waals surface area (Å²) in [5.41, 5.74) is 6.33. The highest BCUT2D eigenvalue weighted by Gasteiger charge is 2.36. The quantitative estimate of drug-likeness (QED) is 0.790. The van der Waals surface area contributed by atoms with Crippen LogP contribution in [0.1, 0.15) is 30.2 Å². The molecule has 5 nitrogen and oxygen atoms in total. The van der Waals surface area contributed by atoms with Gasteiger partial charge in [0.05, 0.1) is 18.6 Å². The van der Waals surface area contributed by atoms with Crippen LogP contribution in [0.4, 0.5) is 0 Å². The van der Waals surface area contributed by atoms with E-state index in [9.17, 15) is 9.90 Å². The van der Waals surface area contributed by atoms with E-state index in [-0.39, 0.29) is 24.5 Å². The number of amides is 1. The number of aliphatic hydroxyl groups excluding tert-OH is 1. The van der Waals surface area contributed by atoms with Gasteiger partial charge in [-0.2, -0.15) is 0 Å². The summed E-state index contributed by atoms with van der Waals surface area (Å²) < 4.78 is 0. The van der Waals surface area contributed by atoms with Crippen molar-refractivity contribution in [2.24, 2.45) is 5.92 Å². The van der Waals surface area contributed by atoms with Crippen LogP contribution >= 0.6 is 0 Å². The normalized spacial score (nSPS) is 23.5. The molecule has 0 spiro atoms. The number of hydrogen-bond acceptors (Lipinski definition) is 3. The monoisotopic (exact) mass is 353 g/mol. The van der Waals surface area contributed by atoms with Gasteiger partial charge in [0.1, 0.15) is 0 Å². The number of hydrogen-bond donors (Lipinski definition) is 3. The molecule has 0 saturated heterocycles. The average Bonchev–Trinajstić information content (AvgIpc) is 2.97. The summed E-state index contributed by atoms with van der Waals surface area (Å²) in [4.78, 5) is 18.5. The number of likely N-dealkylation sites (N-methyl/N-ethyl adjacent to an activating group) is 1. The summed E-state index contributed by atoms with van der Waals surface area (Å²) >= 11 is 0. The van der Waals surface area contributed by atoms with Crippen molar-refractivity contribution in [1.82, 2.24) is 15.2 Å². The zero-order valence-corrected chi connectivity index (χ0v) is 15.7. The van der Waals surface area contributed by atoms with Crippen molar-refractivity contribution in [3.63, 3.8) is 0 Å². The van der Waals surface area contributed by atoms with E-state index >= 15 is 0 Å². The minimum atomic E-state index is -0.191. The highest BCUT2D eigenvalue weighted by atomic mass is 16.3. The van der Waals surface area contributed by atoms with E-state index < -0.39 is 0 Å². The third-order valence-electron chi connectivity index (χ3n) is 6.00. The lowest BCUT2D eigenvalue weighted by molar-refractivity contribution is -0.125. The van der Waals surface area contributed by atoms with Crippen LogP contribution in [0.15, 0.2) is 24.3 Å². The van der Waals surface area contributed by atoms with Gasteiger partial charge in [0.2, 0.25) is 5.91 Å². The van der Waals surface area contributed by atoms with Crippen molar-refractivity contribution < 1.29 is 9.90 Å². The lowest BCUT2D eigenvalue weighted by Gasteiger charge is -2.39. The van der Waals surface area contributed by atoms with Crippen LogP contribution in [-0.4, -0.2) is 53.2 Å². The van der Waals surface area contributed by atoms with E-state index in [4.69, 9.17) is 0 Å². The molecule has 2 aromatic rings. The molecule has 3 N–H and O–H groups in total. The van der Waals surface area contributed by atoms with E-state index in [1.165, 1.54) is 33.3 Å². The molecule has 2 heterocycles. The standard InChI is InChI=1S/C21H27N3O2/c1-4-14(11-25)23-21(26)13-8-17-15-6-5-7-18-20(15)16(12(2)22-18)9-19(17)24(3)10-13/h5-8,13-14,19,22,25H,4,9-11H2,1-3H3,(H,23,26). The fourth-order valence-corrected chi connectivity index (χ4v) is 4.47. The molecule has 3 atom stereocenters. The molecule has 138 valence electrons. The molecule has 5 heteroatoms. The van der Waals surface area contributed by atoms with Gasteiger partial charge in [-0.15, -0.1) is 0 Å². The number of carbonyl (C=O) groups is 1. The van der Waals surface area contributed by atoms with Crippen molar-refractivity contribution in [3.05, 3.63) is 41.1 Å². The lowest BCUT2D eigenvalue weighted by Crippen LogP contribution is -2.48. The van der Waals surface area contributed by atoms with Gasteiger partial charge < -0.3 is 15.4 Å². The topological polar surface area (TPSA) is 68.4 Å². The number of fused-ring (bicyclic) bond motifs is 2. The number of benzene rings is 1. The lowest BCUT2D eigenvalue weighted by atomic mass is 9.79. The highest BCUT2D eigenvalue weighted by Crippen LogP contribution is 2.41. The van der Waals surface area contributed by atoms with E-state index in [1.807, 2.05) is 6.92 Å². The minimum Gasteiger partial charge on any atom is -0.394 e. The molecule has 4 rings (SSSR count). The van der Waals surface area contributed by atoms with Crippen LogP contribution in [0.25, 0.3) is 16.5 Å². The second-order valence-electron chi connectivity index (χ2n) is 7.64. The Morgan fingerprint density at radius 2 is 2.27 bits per heavy atom. The van der Waals surface area contributed by atoms with Crippen LogP contribution < -0.4 is 5.32 Å². The first-order chi connectivity index (χ1) is 12.5. The Bertz CT molecular complexity index is 879. The molecule has 1 aliphatic heterocycles. The second kappa shape index (κ2) is 6.56. The smallest absolute Gasteiger partial charge is 0.228 e. The number of nitrogens with one attached hydrogen (secondary N) is 2. The fraction of sp³-hybridized carbons (Fsp3) is 0.476. The maximum atomic E-state index is 12.7. The molecule has 26 heavy (non-hydrogen) atoms. The predicted octanol–water partition coefficient (Wildman–Crippen LogP) is 2.23. The summed E-state index contributed by atoms with van der Waals surface area (Å²) in [5.74, 6) is -0.185. The molecule has 0 radical (unpaired) electrons. The summed E-state index contributed by atoms with van der Waals surface area (Å²) in [6, 6.07) is 6.53. The Morgan fingerprint density at radius 3 is 3.00 bits per heavy atom. The van der Waals surface area contributed by atoms with Gasteiger partial charge in [0.15, 0.2) is 0 Å². The van der Waals surface area contributed by atoms with Crippen molar-refractivity contribution >= 4 is 22.4 Å². The Hall–Kier alpha value is -2.11. The summed E-state index contributed by atoms with van der Waals surface area (Å²) in [6.45, 7) is 4.80. The van der Waals surface area contributed by atoms with Gasteiger partial charge in [0, 0.05) is 29.2 Å². The Labute approximate surface area is 154 Å². The Balaban J connectivity index is 1.74. The van der Waals surface area contributed by atoms with Gasteiger partial charge in [-0.25, -0.2) is 0 Å². The van der Waals surface area contributed by atoms with Crippen LogP contribution in [0.5, 0.6) is 0 Å². The minimum absolute atomic E-state index is 0.00641. The molecule has 1 amide bonds. The third kappa shape index (κ3) is 2.66. The van der Waals surface area contributed by atoms with Gasteiger partial charge in [-0.05, 0) is 49.6 Å². The summed E-state index contributed by atoms with van der Waals surface area (Å²) in [7, 11) is 2.11. The number of aromatic nitrogens is 1.